The lowest BCUT2D eigenvalue weighted by atomic mass is 10.2. The number of aromatic nitrogens is 2. The molecule has 0 bridgehead atoms. The Kier molecular flexibility index (Phi) is 5.31. The van der Waals surface area contributed by atoms with Crippen LogP contribution in [0.3, 0.4) is 0 Å². The summed E-state index contributed by atoms with van der Waals surface area (Å²) >= 11 is 1.61. The van der Waals surface area contributed by atoms with E-state index in [0.717, 1.165) is 29.0 Å². The monoisotopic (exact) mass is 312 g/mol. The Hall–Kier alpha value is -1.21. The van der Waals surface area contributed by atoms with Gasteiger partial charge in [-0.3, -0.25) is 4.21 Å². The topological polar surface area (TPSA) is 66.9 Å². The maximum Gasteiger partial charge on any atom is 0.226 e. The van der Waals surface area contributed by atoms with E-state index >= 15 is 0 Å². The molecule has 0 spiro atoms. The van der Waals surface area contributed by atoms with Crippen LogP contribution in [0, 0.1) is 0 Å². The smallest absolute Gasteiger partial charge is 0.226 e. The summed E-state index contributed by atoms with van der Waals surface area (Å²) in [6, 6.07) is 2.26. The van der Waals surface area contributed by atoms with Gasteiger partial charge in [-0.2, -0.15) is 4.98 Å². The van der Waals surface area contributed by atoms with E-state index < -0.39 is 10.8 Å². The Morgan fingerprint density at radius 1 is 1.45 bits per heavy atom. The van der Waals surface area contributed by atoms with E-state index in [9.17, 15) is 4.21 Å². The molecule has 0 amide bonds. The number of anilines is 2. The summed E-state index contributed by atoms with van der Waals surface area (Å²) in [6.45, 7) is 4.90. The van der Waals surface area contributed by atoms with Crippen molar-refractivity contribution in [3.63, 3.8) is 0 Å². The van der Waals surface area contributed by atoms with Crippen LogP contribution in [0.5, 0.6) is 0 Å². The second kappa shape index (κ2) is 6.99. The van der Waals surface area contributed by atoms with Gasteiger partial charge >= 0.3 is 0 Å². The zero-order valence-electron chi connectivity index (χ0n) is 12.0. The van der Waals surface area contributed by atoms with Crippen molar-refractivity contribution in [3.8, 4) is 0 Å². The SMILES string of the molecule is CCNc1nc(NC(C)CCS(C)=O)c2ccsc2n1. The van der Waals surface area contributed by atoms with Gasteiger partial charge in [-0.15, -0.1) is 11.3 Å². The first-order valence-corrected chi connectivity index (χ1v) is 9.26. The summed E-state index contributed by atoms with van der Waals surface area (Å²) in [5.74, 6) is 2.20. The van der Waals surface area contributed by atoms with Crippen molar-refractivity contribution in [3.05, 3.63) is 11.4 Å². The molecule has 20 heavy (non-hydrogen) atoms. The molecule has 0 saturated heterocycles. The number of nitrogens with one attached hydrogen (secondary N) is 2. The molecule has 2 rings (SSSR count). The second-order valence-corrected chi connectivity index (χ2v) is 7.13. The zero-order valence-corrected chi connectivity index (χ0v) is 13.6. The van der Waals surface area contributed by atoms with Crippen LogP contribution in [0.25, 0.3) is 10.2 Å². The molecular weight excluding hydrogens is 292 g/mol. The van der Waals surface area contributed by atoms with Gasteiger partial charge in [0.15, 0.2) is 0 Å². The molecule has 0 aliphatic rings. The van der Waals surface area contributed by atoms with Crippen LogP contribution >= 0.6 is 11.3 Å². The number of hydrogen-bond donors (Lipinski definition) is 2. The standard InChI is InChI=1S/C13H20N4OS2/c1-4-14-13-16-11(10-5-7-19-12(10)17-13)15-9(2)6-8-20(3)18/h5,7,9H,4,6,8H2,1-3H3,(H2,14,15,16,17). The molecule has 2 N–H and O–H groups in total. The van der Waals surface area contributed by atoms with Crippen LogP contribution < -0.4 is 10.6 Å². The molecule has 2 atom stereocenters. The lowest BCUT2D eigenvalue weighted by molar-refractivity contribution is 0.678. The fourth-order valence-electron chi connectivity index (χ4n) is 1.85. The van der Waals surface area contributed by atoms with Gasteiger partial charge in [0.1, 0.15) is 10.6 Å². The van der Waals surface area contributed by atoms with Crippen molar-refractivity contribution >= 4 is 44.1 Å². The molecule has 2 heterocycles. The Balaban J connectivity index is 2.18. The molecule has 2 unspecified atom stereocenters. The van der Waals surface area contributed by atoms with Gasteiger partial charge in [0, 0.05) is 35.4 Å². The van der Waals surface area contributed by atoms with E-state index in [0.29, 0.717) is 11.7 Å². The lowest BCUT2D eigenvalue weighted by Gasteiger charge is -2.15. The summed E-state index contributed by atoms with van der Waals surface area (Å²) in [4.78, 5) is 9.98. The van der Waals surface area contributed by atoms with Crippen molar-refractivity contribution < 1.29 is 4.21 Å². The highest BCUT2D eigenvalue weighted by Gasteiger charge is 2.11. The minimum atomic E-state index is -0.754. The Morgan fingerprint density at radius 3 is 2.95 bits per heavy atom. The second-order valence-electron chi connectivity index (χ2n) is 4.68. The van der Waals surface area contributed by atoms with Crippen molar-refractivity contribution in [2.45, 2.75) is 26.3 Å². The average molecular weight is 312 g/mol. The number of fused-ring (bicyclic) bond motifs is 1. The first-order chi connectivity index (χ1) is 9.60. The summed E-state index contributed by atoms with van der Waals surface area (Å²) in [6.07, 6.45) is 2.59. The third-order valence-electron chi connectivity index (χ3n) is 2.88. The normalized spacial score (nSPS) is 14.2. The molecule has 0 aromatic carbocycles. The average Bonchev–Trinajstić information content (AvgIpc) is 2.85. The van der Waals surface area contributed by atoms with Crippen LogP contribution in [-0.2, 0) is 10.8 Å². The van der Waals surface area contributed by atoms with Crippen molar-refractivity contribution in [1.82, 2.24) is 9.97 Å². The highest BCUT2D eigenvalue weighted by Crippen LogP contribution is 2.27. The Bertz CT molecular complexity index is 599. The minimum Gasteiger partial charge on any atom is -0.367 e. The zero-order chi connectivity index (χ0) is 14.5. The molecule has 110 valence electrons. The van der Waals surface area contributed by atoms with E-state index in [1.807, 2.05) is 18.4 Å². The maximum absolute atomic E-state index is 11.2. The van der Waals surface area contributed by atoms with Gasteiger partial charge < -0.3 is 10.6 Å². The molecule has 2 aromatic heterocycles. The summed E-state index contributed by atoms with van der Waals surface area (Å²) in [5.41, 5.74) is 0. The Labute approximate surface area is 125 Å². The number of nitrogens with zero attached hydrogens (tertiary/aromatic N) is 2. The van der Waals surface area contributed by atoms with E-state index in [1.165, 1.54) is 0 Å². The van der Waals surface area contributed by atoms with E-state index in [4.69, 9.17) is 0 Å². The van der Waals surface area contributed by atoms with Crippen LogP contribution in [0.15, 0.2) is 11.4 Å². The van der Waals surface area contributed by atoms with Crippen LogP contribution in [0.4, 0.5) is 11.8 Å². The third-order valence-corrected chi connectivity index (χ3v) is 4.50. The van der Waals surface area contributed by atoms with Crippen molar-refractivity contribution in [2.24, 2.45) is 0 Å². The number of thiophene rings is 1. The Morgan fingerprint density at radius 2 is 2.25 bits per heavy atom. The molecule has 7 heteroatoms. The molecule has 5 nitrogen and oxygen atoms in total. The number of rotatable bonds is 7. The van der Waals surface area contributed by atoms with Gasteiger partial charge in [0.25, 0.3) is 0 Å². The molecule has 0 fully saturated rings. The largest absolute Gasteiger partial charge is 0.367 e. The first-order valence-electron chi connectivity index (χ1n) is 6.65. The van der Waals surface area contributed by atoms with E-state index in [1.54, 1.807) is 17.6 Å². The minimum absolute atomic E-state index is 0.228. The molecule has 2 aromatic rings. The van der Waals surface area contributed by atoms with Gasteiger partial charge in [0.2, 0.25) is 5.95 Å². The fraction of sp³-hybridized carbons (Fsp3) is 0.538. The van der Waals surface area contributed by atoms with Crippen LogP contribution in [-0.4, -0.2) is 38.8 Å². The summed E-state index contributed by atoms with van der Waals surface area (Å²) in [7, 11) is -0.754. The first kappa shape index (κ1) is 15.2. The van der Waals surface area contributed by atoms with Gasteiger partial charge in [-0.05, 0) is 31.7 Å². The lowest BCUT2D eigenvalue weighted by Crippen LogP contribution is -2.19. The fourth-order valence-corrected chi connectivity index (χ4v) is 3.30. The molecule has 0 saturated carbocycles. The van der Waals surface area contributed by atoms with Gasteiger partial charge in [0.05, 0.1) is 5.39 Å². The molecule has 0 aliphatic heterocycles. The molecular formula is C13H20N4OS2. The summed E-state index contributed by atoms with van der Waals surface area (Å²) < 4.78 is 11.2. The van der Waals surface area contributed by atoms with Gasteiger partial charge in [-0.1, -0.05) is 0 Å². The summed E-state index contributed by atoms with van der Waals surface area (Å²) in [5, 5.41) is 9.62. The predicted molar refractivity (Wildman–Crippen MR) is 88.2 cm³/mol. The number of hydrogen-bond acceptors (Lipinski definition) is 6. The highest BCUT2D eigenvalue weighted by atomic mass is 32.2. The van der Waals surface area contributed by atoms with Crippen molar-refractivity contribution in [2.75, 3.05) is 29.2 Å². The van der Waals surface area contributed by atoms with E-state index in [-0.39, 0.29) is 6.04 Å². The van der Waals surface area contributed by atoms with Crippen LogP contribution in [0.2, 0.25) is 0 Å². The highest BCUT2D eigenvalue weighted by molar-refractivity contribution is 7.84. The third kappa shape index (κ3) is 3.89. The predicted octanol–water partition coefficient (Wildman–Crippen LogP) is 2.69. The molecule has 0 aliphatic carbocycles. The van der Waals surface area contributed by atoms with Crippen LogP contribution in [0.1, 0.15) is 20.3 Å². The van der Waals surface area contributed by atoms with Crippen molar-refractivity contribution in [1.29, 1.82) is 0 Å². The maximum atomic E-state index is 11.2. The molecule has 0 radical (unpaired) electrons. The van der Waals surface area contributed by atoms with Gasteiger partial charge in [-0.25, -0.2) is 4.98 Å². The van der Waals surface area contributed by atoms with E-state index in [2.05, 4.69) is 27.5 Å². The quantitative estimate of drug-likeness (QED) is 0.823.